The second kappa shape index (κ2) is 5.80. The van der Waals surface area contributed by atoms with E-state index in [9.17, 15) is 0 Å². The van der Waals surface area contributed by atoms with E-state index >= 15 is 0 Å². The van der Waals surface area contributed by atoms with Crippen LogP contribution in [0.4, 0.5) is 0 Å². The molecule has 0 unspecified atom stereocenters. The Morgan fingerprint density at radius 1 is 1.28 bits per heavy atom. The summed E-state index contributed by atoms with van der Waals surface area (Å²) in [6.07, 6.45) is 3.98. The number of rotatable bonds is 4. The summed E-state index contributed by atoms with van der Waals surface area (Å²) < 4.78 is 1.83. The van der Waals surface area contributed by atoms with Crippen LogP contribution in [0.1, 0.15) is 23.9 Å². The normalized spacial score (nSPS) is 11.3. The van der Waals surface area contributed by atoms with E-state index in [0.29, 0.717) is 6.54 Å². The highest BCUT2D eigenvalue weighted by molar-refractivity contribution is 6.30. The molecule has 0 fully saturated rings. The monoisotopic (exact) mass is 262 g/mol. The fourth-order valence-corrected chi connectivity index (χ4v) is 1.79. The lowest BCUT2D eigenvalue weighted by molar-refractivity contribution is 0.622. The third kappa shape index (κ3) is 2.78. The fourth-order valence-electron chi connectivity index (χ4n) is 1.67. The molecule has 2 aromatic rings. The van der Waals surface area contributed by atoms with Crippen LogP contribution in [0.5, 0.6) is 0 Å². The topological polar surface area (TPSA) is 56.7 Å². The molecule has 0 saturated carbocycles. The van der Waals surface area contributed by atoms with Gasteiger partial charge in [-0.15, -0.1) is 5.10 Å². The lowest BCUT2D eigenvalue weighted by atomic mass is 10.2. The molecule has 0 bridgehead atoms. The van der Waals surface area contributed by atoms with Crippen LogP contribution in [0.3, 0.4) is 0 Å². The van der Waals surface area contributed by atoms with Gasteiger partial charge in [0.2, 0.25) is 0 Å². The maximum absolute atomic E-state index is 5.84. The van der Waals surface area contributed by atoms with Crippen molar-refractivity contribution in [3.8, 4) is 0 Å². The van der Waals surface area contributed by atoms with Gasteiger partial charge in [-0.1, -0.05) is 35.0 Å². The predicted octanol–water partition coefficient (Wildman–Crippen LogP) is 2.58. The number of aryl methyl sites for hydroxylation is 1. The summed E-state index contributed by atoms with van der Waals surface area (Å²) in [6.45, 7) is 3.18. The van der Waals surface area contributed by atoms with Crippen molar-refractivity contribution in [1.29, 1.82) is 0 Å². The zero-order valence-electron chi connectivity index (χ0n) is 10.2. The number of aromatic nitrogens is 3. The first-order valence-electron chi connectivity index (χ1n) is 5.80. The molecule has 0 amide bonds. The summed E-state index contributed by atoms with van der Waals surface area (Å²) in [5.41, 5.74) is 8.48. The molecule has 0 radical (unpaired) electrons. The molecule has 0 saturated heterocycles. The molecule has 1 aromatic carbocycles. The molecule has 94 valence electrons. The van der Waals surface area contributed by atoms with Crippen molar-refractivity contribution >= 4 is 23.8 Å². The average molecular weight is 263 g/mol. The lowest BCUT2D eigenvalue weighted by Gasteiger charge is -2.00. The molecule has 0 aliphatic heterocycles. The molecule has 4 nitrogen and oxygen atoms in total. The average Bonchev–Trinajstić information content (AvgIpc) is 2.80. The first kappa shape index (κ1) is 12.8. The van der Waals surface area contributed by atoms with Gasteiger partial charge in [0, 0.05) is 18.1 Å². The van der Waals surface area contributed by atoms with E-state index in [0.717, 1.165) is 28.5 Å². The van der Waals surface area contributed by atoms with Crippen LogP contribution < -0.4 is 5.73 Å². The predicted molar refractivity (Wildman–Crippen MR) is 74.0 cm³/mol. The molecule has 18 heavy (non-hydrogen) atoms. The van der Waals surface area contributed by atoms with Crippen LogP contribution >= 0.6 is 11.6 Å². The van der Waals surface area contributed by atoms with Crippen molar-refractivity contribution in [2.24, 2.45) is 5.73 Å². The van der Waals surface area contributed by atoms with Crippen LogP contribution in [0, 0.1) is 0 Å². The molecule has 1 heterocycles. The Kier molecular flexibility index (Phi) is 4.12. The summed E-state index contributed by atoms with van der Waals surface area (Å²) in [5.74, 6) is 0. The van der Waals surface area contributed by atoms with Crippen LogP contribution in [0.15, 0.2) is 24.3 Å². The van der Waals surface area contributed by atoms with E-state index < -0.39 is 0 Å². The van der Waals surface area contributed by atoms with Gasteiger partial charge in [0.1, 0.15) is 5.69 Å². The van der Waals surface area contributed by atoms with Crippen molar-refractivity contribution in [2.75, 3.05) is 0 Å². The molecule has 0 aliphatic carbocycles. The van der Waals surface area contributed by atoms with E-state index in [4.69, 9.17) is 17.3 Å². The zero-order valence-corrected chi connectivity index (χ0v) is 10.9. The van der Waals surface area contributed by atoms with Gasteiger partial charge in [-0.2, -0.15) is 0 Å². The molecular weight excluding hydrogens is 248 g/mol. The molecule has 2 rings (SSSR count). The van der Waals surface area contributed by atoms with Gasteiger partial charge in [-0.05, 0) is 30.7 Å². The van der Waals surface area contributed by atoms with Crippen molar-refractivity contribution < 1.29 is 0 Å². The number of hydrogen-bond donors (Lipinski definition) is 1. The molecule has 1 aromatic heterocycles. The molecular formula is C13H15ClN4. The lowest BCUT2D eigenvalue weighted by Crippen LogP contribution is -2.02. The quantitative estimate of drug-likeness (QED) is 0.921. The molecule has 0 atom stereocenters. The second-order valence-electron chi connectivity index (χ2n) is 3.83. The molecule has 0 spiro atoms. The number of halogens is 1. The Hall–Kier alpha value is -1.65. The smallest absolute Gasteiger partial charge is 0.104 e. The maximum Gasteiger partial charge on any atom is 0.104 e. The van der Waals surface area contributed by atoms with Crippen molar-refractivity contribution in [1.82, 2.24) is 15.0 Å². The van der Waals surface area contributed by atoms with Gasteiger partial charge >= 0.3 is 0 Å². The largest absolute Gasteiger partial charge is 0.325 e. The highest BCUT2D eigenvalue weighted by Crippen LogP contribution is 2.14. The van der Waals surface area contributed by atoms with E-state index in [-0.39, 0.29) is 0 Å². The first-order valence-corrected chi connectivity index (χ1v) is 6.18. The zero-order chi connectivity index (χ0) is 13.0. The van der Waals surface area contributed by atoms with Crippen molar-refractivity contribution in [2.45, 2.75) is 20.0 Å². The number of nitrogens with two attached hydrogens (primary N) is 1. The Morgan fingerprint density at radius 3 is 2.61 bits per heavy atom. The van der Waals surface area contributed by atoms with E-state index in [1.54, 1.807) is 0 Å². The summed E-state index contributed by atoms with van der Waals surface area (Å²) in [5, 5.41) is 8.83. The highest BCUT2D eigenvalue weighted by atomic mass is 35.5. The van der Waals surface area contributed by atoms with Crippen molar-refractivity contribution in [3.63, 3.8) is 0 Å². The number of hydrogen-bond acceptors (Lipinski definition) is 3. The molecule has 5 heteroatoms. The van der Waals surface area contributed by atoms with Crippen LogP contribution in [0.2, 0.25) is 5.02 Å². The van der Waals surface area contributed by atoms with Gasteiger partial charge in [0.25, 0.3) is 0 Å². The van der Waals surface area contributed by atoms with Crippen LogP contribution in [-0.2, 0) is 13.1 Å². The number of benzene rings is 1. The molecule has 2 N–H and O–H groups in total. The fraction of sp³-hybridized carbons (Fsp3) is 0.231. The maximum atomic E-state index is 5.84. The van der Waals surface area contributed by atoms with Gasteiger partial charge in [0.05, 0.1) is 5.69 Å². The van der Waals surface area contributed by atoms with Gasteiger partial charge in [0.15, 0.2) is 0 Å². The van der Waals surface area contributed by atoms with Crippen LogP contribution in [0.25, 0.3) is 12.2 Å². The van der Waals surface area contributed by atoms with Gasteiger partial charge in [-0.3, -0.25) is 0 Å². The number of nitrogens with zero attached hydrogens (tertiary/aromatic N) is 3. The Morgan fingerprint density at radius 2 is 2.00 bits per heavy atom. The van der Waals surface area contributed by atoms with Crippen LogP contribution in [-0.4, -0.2) is 15.0 Å². The summed E-state index contributed by atoms with van der Waals surface area (Å²) >= 11 is 5.84. The third-order valence-electron chi connectivity index (χ3n) is 2.64. The first-order chi connectivity index (χ1) is 8.74. The highest BCUT2D eigenvalue weighted by Gasteiger charge is 2.06. The summed E-state index contributed by atoms with van der Waals surface area (Å²) in [4.78, 5) is 0. The van der Waals surface area contributed by atoms with Gasteiger partial charge in [-0.25, -0.2) is 4.68 Å². The minimum absolute atomic E-state index is 0.389. The minimum Gasteiger partial charge on any atom is -0.325 e. The third-order valence-corrected chi connectivity index (χ3v) is 2.90. The SMILES string of the molecule is CCn1nnc(CN)c1/C=C/c1ccc(Cl)cc1. The van der Waals surface area contributed by atoms with Crippen molar-refractivity contribution in [3.05, 3.63) is 46.2 Å². The Bertz CT molecular complexity index is 521. The molecule has 0 aliphatic rings. The summed E-state index contributed by atoms with van der Waals surface area (Å²) in [7, 11) is 0. The summed E-state index contributed by atoms with van der Waals surface area (Å²) in [6, 6.07) is 7.64. The minimum atomic E-state index is 0.389. The van der Waals surface area contributed by atoms with E-state index in [2.05, 4.69) is 10.3 Å². The second-order valence-corrected chi connectivity index (χ2v) is 4.26. The van der Waals surface area contributed by atoms with Gasteiger partial charge < -0.3 is 5.73 Å². The standard InChI is InChI=1S/C13H15ClN4/c1-2-18-13(12(9-15)16-17-18)8-5-10-3-6-11(14)7-4-10/h3-8H,2,9,15H2,1H3/b8-5+. The Labute approximate surface area is 111 Å². The Balaban J connectivity index is 2.27. The van der Waals surface area contributed by atoms with E-state index in [1.165, 1.54) is 0 Å². The van der Waals surface area contributed by atoms with E-state index in [1.807, 2.05) is 48.0 Å².